The van der Waals surface area contributed by atoms with Gasteiger partial charge in [0.25, 0.3) is 0 Å². The summed E-state index contributed by atoms with van der Waals surface area (Å²) < 4.78 is 4.75. The molecule has 16 heavy (non-hydrogen) atoms. The lowest BCUT2D eigenvalue weighted by molar-refractivity contribution is -0.141. The van der Waals surface area contributed by atoms with E-state index in [1.54, 1.807) is 31.2 Å². The van der Waals surface area contributed by atoms with Crippen LogP contribution >= 0.6 is 11.6 Å². The predicted molar refractivity (Wildman–Crippen MR) is 61.7 cm³/mol. The SMILES string of the molecule is CCOC(=O)CN(C(=O)Cl)c1ccccc1. The summed E-state index contributed by atoms with van der Waals surface area (Å²) in [6.07, 6.45) is 0. The fraction of sp³-hybridized carbons (Fsp3) is 0.273. The normalized spacial score (nSPS) is 9.62. The Bertz CT molecular complexity index is 367. The molecule has 0 saturated carbocycles. The van der Waals surface area contributed by atoms with Crippen molar-refractivity contribution in [3.63, 3.8) is 0 Å². The molecule has 0 spiro atoms. The Balaban J connectivity index is 2.77. The average Bonchev–Trinajstić information content (AvgIpc) is 2.27. The molecule has 1 rings (SSSR count). The van der Waals surface area contributed by atoms with E-state index in [4.69, 9.17) is 16.3 Å². The second-order valence-corrected chi connectivity index (χ2v) is 3.30. The standard InChI is InChI=1S/C11H12ClNO3/c1-2-16-10(14)8-13(11(12)15)9-6-4-3-5-7-9/h3-7H,2,8H2,1H3. The van der Waals surface area contributed by atoms with E-state index in [1.165, 1.54) is 0 Å². The Morgan fingerprint density at radius 3 is 2.44 bits per heavy atom. The highest BCUT2D eigenvalue weighted by molar-refractivity contribution is 6.66. The summed E-state index contributed by atoms with van der Waals surface area (Å²) in [6, 6.07) is 8.71. The number of nitrogens with zero attached hydrogens (tertiary/aromatic N) is 1. The molecule has 1 aromatic rings. The maximum absolute atomic E-state index is 11.3. The molecule has 0 aliphatic heterocycles. The molecule has 1 aromatic carbocycles. The number of carbonyl (C=O) groups excluding carboxylic acids is 2. The van der Waals surface area contributed by atoms with Crippen molar-refractivity contribution in [3.05, 3.63) is 30.3 Å². The number of para-hydroxylation sites is 1. The monoisotopic (exact) mass is 241 g/mol. The first-order chi connectivity index (χ1) is 7.65. The van der Waals surface area contributed by atoms with Gasteiger partial charge in [-0.1, -0.05) is 18.2 Å². The molecule has 4 nitrogen and oxygen atoms in total. The first kappa shape index (κ1) is 12.5. The lowest BCUT2D eigenvalue weighted by atomic mass is 10.3. The van der Waals surface area contributed by atoms with Gasteiger partial charge in [-0.05, 0) is 30.7 Å². The van der Waals surface area contributed by atoms with Crippen molar-refractivity contribution in [1.82, 2.24) is 0 Å². The summed E-state index contributed by atoms with van der Waals surface area (Å²) in [5.74, 6) is -0.486. The van der Waals surface area contributed by atoms with Gasteiger partial charge in [0.05, 0.1) is 6.61 Å². The molecule has 0 fully saturated rings. The Hall–Kier alpha value is -1.55. The van der Waals surface area contributed by atoms with Crippen molar-refractivity contribution in [2.45, 2.75) is 6.92 Å². The lowest BCUT2D eigenvalue weighted by Crippen LogP contribution is -2.32. The van der Waals surface area contributed by atoms with Gasteiger partial charge in [0, 0.05) is 5.69 Å². The number of hydrogen-bond acceptors (Lipinski definition) is 3. The van der Waals surface area contributed by atoms with Crippen LogP contribution in [-0.4, -0.2) is 24.5 Å². The zero-order chi connectivity index (χ0) is 12.0. The largest absolute Gasteiger partial charge is 0.465 e. The van der Waals surface area contributed by atoms with E-state index in [0.717, 1.165) is 4.90 Å². The summed E-state index contributed by atoms with van der Waals surface area (Å²) in [5, 5.41) is -0.709. The van der Waals surface area contributed by atoms with Gasteiger partial charge >= 0.3 is 11.3 Å². The smallest absolute Gasteiger partial charge is 0.326 e. The van der Waals surface area contributed by atoms with Crippen LogP contribution in [0.4, 0.5) is 10.5 Å². The van der Waals surface area contributed by atoms with Crippen LogP contribution in [0.2, 0.25) is 0 Å². The van der Waals surface area contributed by atoms with Gasteiger partial charge in [0.2, 0.25) is 0 Å². The topological polar surface area (TPSA) is 46.6 Å². The summed E-state index contributed by atoms with van der Waals surface area (Å²) in [6.45, 7) is 1.80. The summed E-state index contributed by atoms with van der Waals surface area (Å²) in [7, 11) is 0. The van der Waals surface area contributed by atoms with E-state index in [0.29, 0.717) is 5.69 Å². The van der Waals surface area contributed by atoms with Gasteiger partial charge in [0.1, 0.15) is 6.54 Å². The summed E-state index contributed by atoms with van der Waals surface area (Å²) in [4.78, 5) is 23.6. The minimum absolute atomic E-state index is 0.180. The molecular formula is C11H12ClNO3. The number of amides is 1. The van der Waals surface area contributed by atoms with Crippen LogP contribution in [0.3, 0.4) is 0 Å². The van der Waals surface area contributed by atoms with Crippen LogP contribution in [0.15, 0.2) is 30.3 Å². The summed E-state index contributed by atoms with van der Waals surface area (Å²) in [5.41, 5.74) is 0.565. The van der Waals surface area contributed by atoms with E-state index < -0.39 is 11.3 Å². The van der Waals surface area contributed by atoms with Crippen LogP contribution in [0.25, 0.3) is 0 Å². The molecule has 0 aromatic heterocycles. The second kappa shape index (κ2) is 6.12. The van der Waals surface area contributed by atoms with Crippen molar-refractivity contribution in [1.29, 1.82) is 0 Å². The number of benzene rings is 1. The number of rotatable bonds is 4. The molecule has 0 N–H and O–H groups in total. The molecular weight excluding hydrogens is 230 g/mol. The van der Waals surface area contributed by atoms with Crippen molar-refractivity contribution < 1.29 is 14.3 Å². The van der Waals surface area contributed by atoms with Crippen molar-refractivity contribution >= 4 is 28.6 Å². The van der Waals surface area contributed by atoms with Gasteiger partial charge in [-0.3, -0.25) is 14.5 Å². The molecule has 0 bridgehead atoms. The third-order valence-electron chi connectivity index (χ3n) is 1.87. The van der Waals surface area contributed by atoms with Gasteiger partial charge in [-0.15, -0.1) is 0 Å². The Kier molecular flexibility index (Phi) is 4.79. The Morgan fingerprint density at radius 2 is 1.94 bits per heavy atom. The first-order valence-electron chi connectivity index (χ1n) is 4.82. The minimum Gasteiger partial charge on any atom is -0.465 e. The molecule has 0 aliphatic carbocycles. The van der Waals surface area contributed by atoms with Gasteiger partial charge in [-0.25, -0.2) is 0 Å². The van der Waals surface area contributed by atoms with E-state index in [9.17, 15) is 9.59 Å². The number of carbonyl (C=O) groups is 2. The second-order valence-electron chi connectivity index (χ2n) is 2.98. The highest BCUT2D eigenvalue weighted by Gasteiger charge is 2.17. The number of anilines is 1. The highest BCUT2D eigenvalue weighted by Crippen LogP contribution is 2.15. The number of halogens is 1. The molecule has 1 amide bonds. The van der Waals surface area contributed by atoms with Gasteiger partial charge in [-0.2, -0.15) is 0 Å². The predicted octanol–water partition coefficient (Wildman–Crippen LogP) is 2.41. The van der Waals surface area contributed by atoms with Crippen LogP contribution in [0.1, 0.15) is 6.92 Å². The van der Waals surface area contributed by atoms with Crippen LogP contribution in [-0.2, 0) is 9.53 Å². The zero-order valence-electron chi connectivity index (χ0n) is 8.85. The molecule has 86 valence electrons. The van der Waals surface area contributed by atoms with Crippen molar-refractivity contribution in [3.8, 4) is 0 Å². The fourth-order valence-corrected chi connectivity index (χ4v) is 1.36. The maximum Gasteiger partial charge on any atom is 0.326 e. The molecule has 0 atom stereocenters. The molecule has 0 heterocycles. The Labute approximate surface area is 98.8 Å². The van der Waals surface area contributed by atoms with Crippen molar-refractivity contribution in [2.24, 2.45) is 0 Å². The number of esters is 1. The van der Waals surface area contributed by atoms with Crippen LogP contribution in [0, 0.1) is 0 Å². The average molecular weight is 242 g/mol. The summed E-state index contributed by atoms with van der Waals surface area (Å²) >= 11 is 5.40. The van der Waals surface area contributed by atoms with Crippen molar-refractivity contribution in [2.75, 3.05) is 18.1 Å². The Morgan fingerprint density at radius 1 is 1.31 bits per heavy atom. The molecule has 0 saturated heterocycles. The third kappa shape index (κ3) is 3.55. The fourth-order valence-electron chi connectivity index (χ4n) is 1.20. The van der Waals surface area contributed by atoms with Crippen LogP contribution < -0.4 is 4.90 Å². The molecule has 5 heteroatoms. The first-order valence-corrected chi connectivity index (χ1v) is 5.20. The minimum atomic E-state index is -0.709. The van der Waals surface area contributed by atoms with E-state index in [2.05, 4.69) is 0 Å². The number of ether oxygens (including phenoxy) is 1. The van der Waals surface area contributed by atoms with Gasteiger partial charge < -0.3 is 4.74 Å². The van der Waals surface area contributed by atoms with Gasteiger partial charge in [0.15, 0.2) is 0 Å². The van der Waals surface area contributed by atoms with E-state index in [-0.39, 0.29) is 13.2 Å². The quantitative estimate of drug-likeness (QED) is 0.462. The highest BCUT2D eigenvalue weighted by atomic mass is 35.5. The third-order valence-corrected chi connectivity index (χ3v) is 2.08. The molecule has 0 unspecified atom stereocenters. The lowest BCUT2D eigenvalue weighted by Gasteiger charge is -2.18. The maximum atomic E-state index is 11.3. The van der Waals surface area contributed by atoms with E-state index >= 15 is 0 Å². The number of hydrogen-bond donors (Lipinski definition) is 0. The molecule has 0 aliphatic rings. The molecule has 0 radical (unpaired) electrons. The zero-order valence-corrected chi connectivity index (χ0v) is 9.61. The van der Waals surface area contributed by atoms with E-state index in [1.807, 2.05) is 6.07 Å². The van der Waals surface area contributed by atoms with Crippen LogP contribution in [0.5, 0.6) is 0 Å².